The van der Waals surface area contributed by atoms with Crippen LogP contribution in [-0.2, 0) is 12.8 Å². The highest BCUT2D eigenvalue weighted by Crippen LogP contribution is 2.25. The molecule has 0 bridgehead atoms. The molecule has 0 aliphatic carbocycles. The van der Waals surface area contributed by atoms with Crippen molar-refractivity contribution < 1.29 is 18.3 Å². The van der Waals surface area contributed by atoms with Crippen LogP contribution >= 0.6 is 0 Å². The first-order chi connectivity index (χ1) is 15.1. The first-order valence-electron chi connectivity index (χ1n) is 11.8. The molecule has 2 rings (SSSR count). The fourth-order valence-corrected chi connectivity index (χ4v) is 3.66. The zero-order valence-electron chi connectivity index (χ0n) is 19.0. The van der Waals surface area contributed by atoms with Crippen molar-refractivity contribution in [2.75, 3.05) is 0 Å². The van der Waals surface area contributed by atoms with Crippen LogP contribution in [0.2, 0.25) is 0 Å². The van der Waals surface area contributed by atoms with Gasteiger partial charge in [-0.2, -0.15) is 4.39 Å². The summed E-state index contributed by atoms with van der Waals surface area (Å²) >= 11 is 0. The summed E-state index contributed by atoms with van der Waals surface area (Å²) in [5.41, 5.74) is 1.82. The number of hydrogen-bond donors (Lipinski definition) is 0. The second-order valence-corrected chi connectivity index (χ2v) is 8.27. The average Bonchev–Trinajstić information content (AvgIpc) is 2.78. The van der Waals surface area contributed by atoms with Gasteiger partial charge in [0.05, 0.1) is 5.56 Å². The van der Waals surface area contributed by atoms with Crippen molar-refractivity contribution in [2.45, 2.75) is 90.9 Å². The molecule has 4 heteroatoms. The minimum atomic E-state index is -1.09. The van der Waals surface area contributed by atoms with Gasteiger partial charge in [0.2, 0.25) is 5.82 Å². The molecule has 2 aromatic carbocycles. The molecule has 0 amide bonds. The van der Waals surface area contributed by atoms with E-state index in [2.05, 4.69) is 13.8 Å². The van der Waals surface area contributed by atoms with Gasteiger partial charge in [-0.25, -0.2) is 9.18 Å². The zero-order valence-corrected chi connectivity index (χ0v) is 19.0. The van der Waals surface area contributed by atoms with Crippen molar-refractivity contribution in [3.05, 3.63) is 64.7 Å². The molecule has 170 valence electrons. The van der Waals surface area contributed by atoms with Crippen molar-refractivity contribution in [3.63, 3.8) is 0 Å². The van der Waals surface area contributed by atoms with Crippen molar-refractivity contribution in [1.29, 1.82) is 0 Å². The Balaban J connectivity index is 1.88. The summed E-state index contributed by atoms with van der Waals surface area (Å²) in [5.74, 6) is -3.06. The van der Waals surface area contributed by atoms with E-state index in [1.165, 1.54) is 37.8 Å². The molecule has 2 nitrogen and oxygen atoms in total. The van der Waals surface area contributed by atoms with Gasteiger partial charge in [0.1, 0.15) is 0 Å². The summed E-state index contributed by atoms with van der Waals surface area (Å²) in [7, 11) is 0. The maximum Gasteiger partial charge on any atom is 0.343 e. The van der Waals surface area contributed by atoms with Crippen LogP contribution < -0.4 is 4.74 Å². The first kappa shape index (κ1) is 25.0. The predicted molar refractivity (Wildman–Crippen MR) is 123 cm³/mol. The maximum atomic E-state index is 14.4. The Bertz CT molecular complexity index is 800. The second-order valence-electron chi connectivity index (χ2n) is 8.27. The number of hydrogen-bond acceptors (Lipinski definition) is 2. The number of carbonyl (C=O) groups excluding carboxylic acids is 1. The molecule has 0 saturated carbocycles. The molecule has 0 N–H and O–H groups in total. The number of benzene rings is 2. The smallest absolute Gasteiger partial charge is 0.343 e. The van der Waals surface area contributed by atoms with E-state index in [1.54, 1.807) is 12.1 Å². The SMILES string of the molecule is CCCCCCCc1ccc(C(=O)Oc2ccc(CCCCCCC)c(F)c2F)cc1. The summed E-state index contributed by atoms with van der Waals surface area (Å²) in [4.78, 5) is 12.4. The highest BCUT2D eigenvalue weighted by Gasteiger charge is 2.18. The average molecular weight is 431 g/mol. The minimum Gasteiger partial charge on any atom is -0.420 e. The quantitative estimate of drug-likeness (QED) is 0.171. The highest BCUT2D eigenvalue weighted by atomic mass is 19.2. The first-order valence-corrected chi connectivity index (χ1v) is 11.8. The summed E-state index contributed by atoms with van der Waals surface area (Å²) in [6.45, 7) is 4.33. The van der Waals surface area contributed by atoms with Crippen LogP contribution in [0.15, 0.2) is 36.4 Å². The molecular weight excluding hydrogens is 394 g/mol. The molecule has 0 spiro atoms. The Morgan fingerprint density at radius 1 is 0.710 bits per heavy atom. The molecule has 0 fully saturated rings. The van der Waals surface area contributed by atoms with Gasteiger partial charge in [0, 0.05) is 0 Å². The third-order valence-electron chi connectivity index (χ3n) is 5.64. The lowest BCUT2D eigenvalue weighted by molar-refractivity contribution is 0.0726. The maximum absolute atomic E-state index is 14.4. The summed E-state index contributed by atoms with van der Waals surface area (Å²) < 4.78 is 33.9. The third-order valence-corrected chi connectivity index (χ3v) is 5.64. The van der Waals surface area contributed by atoms with Crippen molar-refractivity contribution in [3.8, 4) is 5.75 Å². The largest absolute Gasteiger partial charge is 0.420 e. The lowest BCUT2D eigenvalue weighted by Gasteiger charge is -2.10. The van der Waals surface area contributed by atoms with Crippen LogP contribution in [0.1, 0.15) is 99.5 Å². The standard InChI is InChI=1S/C27H36F2O2/c1-3-5-7-9-11-13-21-15-17-23(18-16-21)27(30)31-24-20-19-22(25(28)26(24)29)14-12-10-8-6-4-2/h15-20H,3-14H2,1-2H3. The van der Waals surface area contributed by atoms with Gasteiger partial charge in [0.25, 0.3) is 0 Å². The van der Waals surface area contributed by atoms with Gasteiger partial charge in [-0.3, -0.25) is 0 Å². The highest BCUT2D eigenvalue weighted by molar-refractivity contribution is 5.91. The molecule has 0 radical (unpaired) electrons. The predicted octanol–water partition coefficient (Wildman–Crippen LogP) is 8.21. The molecule has 0 unspecified atom stereocenters. The van der Waals surface area contributed by atoms with E-state index in [-0.39, 0.29) is 5.75 Å². The fourth-order valence-electron chi connectivity index (χ4n) is 3.66. The number of esters is 1. The number of aryl methyl sites for hydroxylation is 2. The summed E-state index contributed by atoms with van der Waals surface area (Å²) in [6.07, 6.45) is 12.8. The van der Waals surface area contributed by atoms with Gasteiger partial charge < -0.3 is 4.74 Å². The van der Waals surface area contributed by atoms with Gasteiger partial charge in [-0.1, -0.05) is 83.4 Å². The van der Waals surface area contributed by atoms with Crippen LogP contribution in [0.25, 0.3) is 0 Å². The van der Waals surface area contributed by atoms with Crippen LogP contribution in [0.5, 0.6) is 5.75 Å². The van der Waals surface area contributed by atoms with Crippen molar-refractivity contribution >= 4 is 5.97 Å². The molecular formula is C27H36F2O2. The van der Waals surface area contributed by atoms with Crippen molar-refractivity contribution in [2.24, 2.45) is 0 Å². The van der Waals surface area contributed by atoms with E-state index in [0.717, 1.165) is 50.5 Å². The van der Waals surface area contributed by atoms with E-state index in [1.807, 2.05) is 12.1 Å². The normalized spacial score (nSPS) is 11.0. The summed E-state index contributed by atoms with van der Waals surface area (Å²) in [6, 6.07) is 10.0. The van der Waals surface area contributed by atoms with Crippen molar-refractivity contribution in [1.82, 2.24) is 0 Å². The molecule has 2 aromatic rings. The Morgan fingerprint density at radius 3 is 1.90 bits per heavy atom. The number of halogens is 2. The Hall–Kier alpha value is -2.23. The Labute approximate surface area is 186 Å². The zero-order chi connectivity index (χ0) is 22.5. The number of rotatable bonds is 14. The van der Waals surface area contributed by atoms with Gasteiger partial charge in [-0.15, -0.1) is 0 Å². The third kappa shape index (κ3) is 8.43. The molecule has 0 aromatic heterocycles. The molecule has 31 heavy (non-hydrogen) atoms. The number of carbonyl (C=O) groups is 1. The van der Waals surface area contributed by atoms with Crippen LogP contribution in [0.3, 0.4) is 0 Å². The second kappa shape index (κ2) is 14.0. The van der Waals surface area contributed by atoms with Gasteiger partial charge in [-0.05, 0) is 55.0 Å². The van der Waals surface area contributed by atoms with Crippen LogP contribution in [-0.4, -0.2) is 5.97 Å². The fraction of sp³-hybridized carbons (Fsp3) is 0.519. The van der Waals surface area contributed by atoms with E-state index in [9.17, 15) is 13.6 Å². The van der Waals surface area contributed by atoms with E-state index >= 15 is 0 Å². The lowest BCUT2D eigenvalue weighted by atomic mass is 10.0. The Morgan fingerprint density at radius 2 is 1.29 bits per heavy atom. The van der Waals surface area contributed by atoms with E-state index in [4.69, 9.17) is 4.74 Å². The lowest BCUT2D eigenvalue weighted by Crippen LogP contribution is -2.11. The summed E-state index contributed by atoms with van der Waals surface area (Å²) in [5, 5.41) is 0. The van der Waals surface area contributed by atoms with Crippen LogP contribution in [0.4, 0.5) is 8.78 Å². The van der Waals surface area contributed by atoms with E-state index in [0.29, 0.717) is 17.5 Å². The molecule has 0 aliphatic heterocycles. The monoisotopic (exact) mass is 430 g/mol. The topological polar surface area (TPSA) is 26.3 Å². The number of ether oxygens (including phenoxy) is 1. The molecule has 0 aliphatic rings. The molecule has 0 saturated heterocycles. The van der Waals surface area contributed by atoms with Gasteiger partial charge >= 0.3 is 5.97 Å². The minimum absolute atomic E-state index is 0.328. The van der Waals surface area contributed by atoms with Crippen LogP contribution in [0, 0.1) is 11.6 Å². The molecule has 0 atom stereocenters. The van der Waals surface area contributed by atoms with E-state index < -0.39 is 17.6 Å². The van der Waals surface area contributed by atoms with Gasteiger partial charge in [0.15, 0.2) is 11.6 Å². The number of unbranched alkanes of at least 4 members (excludes halogenated alkanes) is 8. The Kier molecular flexibility index (Phi) is 11.3. The molecule has 0 heterocycles.